The van der Waals surface area contributed by atoms with Gasteiger partial charge in [-0.25, -0.2) is 0 Å². The topological polar surface area (TPSA) is 0 Å². The summed E-state index contributed by atoms with van der Waals surface area (Å²) in [5, 5.41) is 0. The first-order valence-corrected chi connectivity index (χ1v) is 13.3. The minimum absolute atomic E-state index is 0.206. The Balaban J connectivity index is 1.37. The van der Waals surface area contributed by atoms with Crippen LogP contribution in [-0.2, 0) is 5.41 Å². The zero-order chi connectivity index (χ0) is 24.1. The number of fused-ring (bicyclic) bond motifs is 5. The van der Waals surface area contributed by atoms with Crippen LogP contribution in [0.2, 0.25) is 0 Å². The summed E-state index contributed by atoms with van der Waals surface area (Å²) < 4.78 is 0. The summed E-state index contributed by atoms with van der Waals surface area (Å²) in [4.78, 5) is 0. The third-order valence-electron chi connectivity index (χ3n) is 9.21. The largest absolute Gasteiger partial charge is 0.0761 e. The molecule has 9 rings (SSSR count). The van der Waals surface area contributed by atoms with Gasteiger partial charge in [-0.05, 0) is 90.9 Å². The Hall–Kier alpha value is -4.42. The van der Waals surface area contributed by atoms with Crippen molar-refractivity contribution in [3.05, 3.63) is 161 Å². The van der Waals surface area contributed by atoms with Crippen LogP contribution in [-0.4, -0.2) is 0 Å². The van der Waals surface area contributed by atoms with Crippen LogP contribution >= 0.6 is 0 Å². The lowest BCUT2D eigenvalue weighted by Crippen LogP contribution is -2.31. The van der Waals surface area contributed by atoms with Crippen molar-refractivity contribution in [3.63, 3.8) is 0 Å². The Labute approximate surface area is 217 Å². The van der Waals surface area contributed by atoms with Gasteiger partial charge in [0, 0.05) is 5.92 Å². The van der Waals surface area contributed by atoms with E-state index < -0.39 is 0 Å². The fourth-order valence-electron chi connectivity index (χ4n) is 7.72. The highest BCUT2D eigenvalue weighted by Gasteiger charge is 2.56. The quantitative estimate of drug-likeness (QED) is 0.242. The summed E-state index contributed by atoms with van der Waals surface area (Å²) in [6.45, 7) is 0. The zero-order valence-corrected chi connectivity index (χ0v) is 20.4. The van der Waals surface area contributed by atoms with E-state index in [9.17, 15) is 0 Å². The molecular formula is C37H24. The molecule has 5 aromatic carbocycles. The van der Waals surface area contributed by atoms with Crippen LogP contribution in [0.1, 0.15) is 40.2 Å². The lowest BCUT2D eigenvalue weighted by atomic mass is 9.63. The molecule has 0 heterocycles. The van der Waals surface area contributed by atoms with Crippen molar-refractivity contribution in [2.75, 3.05) is 0 Å². The van der Waals surface area contributed by atoms with Gasteiger partial charge in [0.15, 0.2) is 0 Å². The minimum atomic E-state index is -0.206. The molecule has 0 nitrogen and oxygen atoms in total. The first kappa shape index (κ1) is 19.7. The number of rotatable bonds is 2. The second-order valence-corrected chi connectivity index (χ2v) is 10.8. The molecule has 4 aliphatic carbocycles. The van der Waals surface area contributed by atoms with E-state index in [2.05, 4.69) is 127 Å². The van der Waals surface area contributed by atoms with Crippen molar-refractivity contribution in [3.8, 4) is 33.4 Å². The molecule has 1 spiro atoms. The number of benzene rings is 5. The van der Waals surface area contributed by atoms with Crippen molar-refractivity contribution in [2.24, 2.45) is 0 Å². The molecular weight excluding hydrogens is 444 g/mol. The molecule has 0 heteroatoms. The molecule has 0 radical (unpaired) electrons. The van der Waals surface area contributed by atoms with Crippen LogP contribution in [0.4, 0.5) is 0 Å². The first-order valence-electron chi connectivity index (χ1n) is 13.3. The van der Waals surface area contributed by atoms with Gasteiger partial charge < -0.3 is 0 Å². The lowest BCUT2D eigenvalue weighted by molar-refractivity contribution is 0.677. The van der Waals surface area contributed by atoms with Crippen molar-refractivity contribution in [1.29, 1.82) is 0 Å². The molecule has 2 unspecified atom stereocenters. The molecule has 0 N–H and O–H groups in total. The highest BCUT2D eigenvalue weighted by atomic mass is 14.6. The summed E-state index contributed by atoms with van der Waals surface area (Å²) in [7, 11) is 0. The highest BCUT2D eigenvalue weighted by molar-refractivity contribution is 6.03. The molecule has 2 atom stereocenters. The third-order valence-corrected chi connectivity index (χ3v) is 9.21. The molecule has 0 aliphatic heterocycles. The van der Waals surface area contributed by atoms with Gasteiger partial charge in [0.1, 0.15) is 0 Å². The number of allylic oxidation sites excluding steroid dienone is 4. The fraction of sp³-hybridized carbons (Fsp3) is 0.0811. The smallest absolute Gasteiger partial charge is 0.0695 e. The van der Waals surface area contributed by atoms with Crippen molar-refractivity contribution >= 4 is 5.57 Å². The van der Waals surface area contributed by atoms with Crippen molar-refractivity contribution in [2.45, 2.75) is 17.8 Å². The van der Waals surface area contributed by atoms with Crippen molar-refractivity contribution in [1.82, 2.24) is 0 Å². The van der Waals surface area contributed by atoms with E-state index in [0.717, 1.165) is 6.42 Å². The Kier molecular flexibility index (Phi) is 3.66. The maximum absolute atomic E-state index is 2.50. The molecule has 172 valence electrons. The Morgan fingerprint density at radius 2 is 1.22 bits per heavy atom. The van der Waals surface area contributed by atoms with E-state index in [4.69, 9.17) is 0 Å². The molecule has 2 bridgehead atoms. The van der Waals surface area contributed by atoms with Crippen LogP contribution in [0.15, 0.2) is 133 Å². The minimum Gasteiger partial charge on any atom is -0.0761 e. The van der Waals surface area contributed by atoms with Gasteiger partial charge in [0.05, 0.1) is 5.41 Å². The second-order valence-electron chi connectivity index (χ2n) is 10.8. The predicted octanol–water partition coefficient (Wildman–Crippen LogP) is 9.16. The van der Waals surface area contributed by atoms with Crippen molar-refractivity contribution < 1.29 is 0 Å². The van der Waals surface area contributed by atoms with Gasteiger partial charge in [-0.1, -0.05) is 115 Å². The lowest BCUT2D eigenvalue weighted by Gasteiger charge is -2.38. The van der Waals surface area contributed by atoms with E-state index in [1.807, 2.05) is 0 Å². The summed E-state index contributed by atoms with van der Waals surface area (Å²) in [6.07, 6.45) is 5.91. The molecule has 0 fully saturated rings. The Morgan fingerprint density at radius 1 is 0.541 bits per heavy atom. The van der Waals surface area contributed by atoms with Gasteiger partial charge >= 0.3 is 0 Å². The van der Waals surface area contributed by atoms with Crippen LogP contribution in [0, 0.1) is 0 Å². The first-order chi connectivity index (χ1) is 18.3. The van der Waals surface area contributed by atoms with Gasteiger partial charge in [-0.15, -0.1) is 0 Å². The highest BCUT2D eigenvalue weighted by Crippen LogP contribution is 2.68. The average Bonchev–Trinajstić information content (AvgIpc) is 3.46. The molecule has 5 aromatic rings. The van der Waals surface area contributed by atoms with E-state index in [-0.39, 0.29) is 5.41 Å². The molecule has 0 saturated heterocycles. The summed E-state index contributed by atoms with van der Waals surface area (Å²) >= 11 is 0. The van der Waals surface area contributed by atoms with E-state index >= 15 is 0 Å². The SMILES string of the molecule is C1=CC(c2ccccc2)CC2=C1c1cccc3c1C21c2cc(-c4ccccc4)ccc2-c2ccc-3cc21. The summed E-state index contributed by atoms with van der Waals surface area (Å²) in [6, 6.07) is 43.2. The maximum Gasteiger partial charge on any atom is 0.0695 e. The van der Waals surface area contributed by atoms with Crippen LogP contribution < -0.4 is 0 Å². The van der Waals surface area contributed by atoms with Gasteiger partial charge in [-0.3, -0.25) is 0 Å². The van der Waals surface area contributed by atoms with Crippen LogP contribution in [0.3, 0.4) is 0 Å². The zero-order valence-electron chi connectivity index (χ0n) is 20.4. The van der Waals surface area contributed by atoms with E-state index in [0.29, 0.717) is 5.92 Å². The van der Waals surface area contributed by atoms with Gasteiger partial charge in [0.25, 0.3) is 0 Å². The van der Waals surface area contributed by atoms with E-state index in [1.54, 1.807) is 5.57 Å². The second kappa shape index (κ2) is 6.87. The molecule has 0 amide bonds. The number of hydrogen-bond donors (Lipinski definition) is 0. The molecule has 4 aliphatic rings. The molecule has 37 heavy (non-hydrogen) atoms. The molecule has 0 aromatic heterocycles. The average molecular weight is 469 g/mol. The summed E-state index contributed by atoms with van der Waals surface area (Å²) in [5.74, 6) is 0.391. The fourth-order valence-corrected chi connectivity index (χ4v) is 7.72. The normalized spacial score (nSPS) is 21.0. The van der Waals surface area contributed by atoms with Gasteiger partial charge in [-0.2, -0.15) is 0 Å². The van der Waals surface area contributed by atoms with E-state index in [1.165, 1.54) is 66.8 Å². The standard InChI is InChI=1S/C37H24/c1-3-8-23(9-4-1)25-14-17-29-30-19-16-27-22-35(30)37(33(29)20-25)34-21-26(24-10-5-2-6-11-24)15-18-31(34)32-13-7-12-28(27)36(32)37/h1-20,22,26H,21H2. The maximum atomic E-state index is 2.50. The Bertz CT molecular complexity index is 1830. The number of hydrogen-bond acceptors (Lipinski definition) is 0. The monoisotopic (exact) mass is 468 g/mol. The predicted molar refractivity (Wildman–Crippen MR) is 152 cm³/mol. The summed E-state index contributed by atoms with van der Waals surface area (Å²) in [5.41, 5.74) is 18.2. The van der Waals surface area contributed by atoms with Gasteiger partial charge in [0.2, 0.25) is 0 Å². The van der Waals surface area contributed by atoms with Crippen LogP contribution in [0.5, 0.6) is 0 Å². The third kappa shape index (κ3) is 2.34. The van der Waals surface area contributed by atoms with Crippen LogP contribution in [0.25, 0.3) is 39.0 Å². The molecule has 0 saturated carbocycles. The Morgan fingerprint density at radius 3 is 2.00 bits per heavy atom.